The molecule has 0 atom stereocenters. The average molecular weight is 351 g/mol. The summed E-state index contributed by atoms with van der Waals surface area (Å²) in [6.45, 7) is 0.535. The lowest BCUT2D eigenvalue weighted by Crippen LogP contribution is -2.33. The monoisotopic (exact) mass is 351 g/mol. The molecular weight excluding hydrogens is 334 g/mol. The molecule has 26 heavy (non-hydrogen) atoms. The van der Waals surface area contributed by atoms with Crippen LogP contribution in [-0.2, 0) is 20.7 Å². The van der Waals surface area contributed by atoms with E-state index in [0.29, 0.717) is 18.0 Å². The maximum absolute atomic E-state index is 12.3. The summed E-state index contributed by atoms with van der Waals surface area (Å²) in [5.74, 6) is 0.535. The van der Waals surface area contributed by atoms with Crippen LogP contribution < -0.4 is 14.4 Å². The van der Waals surface area contributed by atoms with E-state index in [-0.39, 0.29) is 19.3 Å². The lowest BCUT2D eigenvalue weighted by Gasteiger charge is -2.16. The molecule has 2 aliphatic rings. The molecule has 2 aliphatic heterocycles. The second-order valence-corrected chi connectivity index (χ2v) is 5.98. The lowest BCUT2D eigenvalue weighted by molar-refractivity contribution is -0.142. The summed E-state index contributed by atoms with van der Waals surface area (Å²) in [5.41, 5.74) is 2.81. The molecule has 0 unspecified atom stereocenters. The summed E-state index contributed by atoms with van der Waals surface area (Å²) in [5, 5.41) is 0. The molecule has 1 amide bonds. The predicted octanol–water partition coefficient (Wildman–Crippen LogP) is 2.56. The van der Waals surface area contributed by atoms with E-state index in [9.17, 15) is 9.59 Å². The smallest absolute Gasteiger partial charge is 0.331 e. The molecule has 0 N–H and O–H groups in total. The van der Waals surface area contributed by atoms with Crippen molar-refractivity contribution in [3.63, 3.8) is 0 Å². The van der Waals surface area contributed by atoms with Gasteiger partial charge in [-0.25, -0.2) is 4.79 Å². The number of anilines is 1. The Bertz CT molecular complexity index is 890. The summed E-state index contributed by atoms with van der Waals surface area (Å²) >= 11 is 0. The largest absolute Gasteiger partial charge is 0.454 e. The first-order valence-corrected chi connectivity index (χ1v) is 8.33. The molecule has 0 aliphatic carbocycles. The molecule has 6 nitrogen and oxygen atoms in total. The van der Waals surface area contributed by atoms with Crippen LogP contribution >= 0.6 is 0 Å². The first-order valence-electron chi connectivity index (χ1n) is 8.33. The topological polar surface area (TPSA) is 65.1 Å². The summed E-state index contributed by atoms with van der Waals surface area (Å²) in [4.78, 5) is 25.8. The number of benzene rings is 2. The van der Waals surface area contributed by atoms with Gasteiger partial charge in [0.05, 0.1) is 0 Å². The number of hydrogen-bond donors (Lipinski definition) is 0. The van der Waals surface area contributed by atoms with Gasteiger partial charge in [0, 0.05) is 18.3 Å². The van der Waals surface area contributed by atoms with Gasteiger partial charge >= 0.3 is 5.97 Å². The normalized spacial score (nSPS) is 14.5. The summed E-state index contributed by atoms with van der Waals surface area (Å²) in [7, 11) is 0. The molecule has 0 bridgehead atoms. The zero-order valence-corrected chi connectivity index (χ0v) is 14.0. The Balaban J connectivity index is 1.32. The van der Waals surface area contributed by atoms with Gasteiger partial charge in [-0.15, -0.1) is 0 Å². The molecule has 0 aromatic heterocycles. The molecule has 0 radical (unpaired) electrons. The second kappa shape index (κ2) is 6.92. The fraction of sp³-hybridized carbons (Fsp3) is 0.200. The van der Waals surface area contributed by atoms with Gasteiger partial charge in [-0.2, -0.15) is 0 Å². The van der Waals surface area contributed by atoms with Crippen LogP contribution in [-0.4, -0.2) is 31.8 Å². The number of ether oxygens (including phenoxy) is 3. The van der Waals surface area contributed by atoms with Crippen LogP contribution in [0.25, 0.3) is 6.08 Å². The Kier molecular flexibility index (Phi) is 4.31. The number of amides is 1. The summed E-state index contributed by atoms with van der Waals surface area (Å²) < 4.78 is 15.6. The Labute approximate surface area is 150 Å². The zero-order chi connectivity index (χ0) is 17.9. The molecule has 132 valence electrons. The third-order valence-electron chi connectivity index (χ3n) is 4.33. The van der Waals surface area contributed by atoms with Crippen molar-refractivity contribution in [3.05, 3.63) is 59.7 Å². The SMILES string of the molecule is O=C(C=Cc1ccc2c(c1)OCO2)OCC(=O)N1CCc2ccccc21. The number of para-hydroxylation sites is 1. The van der Waals surface area contributed by atoms with Crippen LogP contribution in [0.2, 0.25) is 0 Å². The van der Waals surface area contributed by atoms with E-state index >= 15 is 0 Å². The molecule has 2 aromatic rings. The molecule has 0 saturated carbocycles. The Hall–Kier alpha value is -3.28. The summed E-state index contributed by atoms with van der Waals surface area (Å²) in [6.07, 6.45) is 3.72. The molecular formula is C20H17NO5. The number of rotatable bonds is 4. The Morgan fingerprint density at radius 3 is 2.88 bits per heavy atom. The molecule has 0 spiro atoms. The second-order valence-electron chi connectivity index (χ2n) is 5.98. The third-order valence-corrected chi connectivity index (χ3v) is 4.33. The van der Waals surface area contributed by atoms with Crippen molar-refractivity contribution in [1.82, 2.24) is 0 Å². The third kappa shape index (κ3) is 3.26. The van der Waals surface area contributed by atoms with E-state index in [1.807, 2.05) is 30.3 Å². The molecule has 4 rings (SSSR count). The lowest BCUT2D eigenvalue weighted by atomic mass is 10.2. The number of hydrogen-bond acceptors (Lipinski definition) is 5. The Morgan fingerprint density at radius 2 is 1.96 bits per heavy atom. The standard InChI is InChI=1S/C20H17NO5/c22-19(21-10-9-15-3-1-2-4-16(15)21)12-24-20(23)8-6-14-5-7-17-18(11-14)26-13-25-17/h1-8,11H,9-10,12-13H2. The van der Waals surface area contributed by atoms with Crippen molar-refractivity contribution >= 4 is 23.6 Å². The van der Waals surface area contributed by atoms with Crippen molar-refractivity contribution in [2.45, 2.75) is 6.42 Å². The van der Waals surface area contributed by atoms with Crippen LogP contribution in [0.15, 0.2) is 48.5 Å². The highest BCUT2D eigenvalue weighted by atomic mass is 16.7. The van der Waals surface area contributed by atoms with Crippen molar-refractivity contribution in [2.75, 3.05) is 24.8 Å². The van der Waals surface area contributed by atoms with Crippen molar-refractivity contribution in [2.24, 2.45) is 0 Å². The van der Waals surface area contributed by atoms with E-state index < -0.39 is 5.97 Å². The van der Waals surface area contributed by atoms with Gasteiger partial charge in [0.15, 0.2) is 18.1 Å². The number of nitrogens with zero attached hydrogens (tertiary/aromatic N) is 1. The molecule has 6 heteroatoms. The maximum atomic E-state index is 12.3. The van der Waals surface area contributed by atoms with Crippen LogP contribution in [0.1, 0.15) is 11.1 Å². The molecule has 0 fully saturated rings. The van der Waals surface area contributed by atoms with Crippen molar-refractivity contribution < 1.29 is 23.8 Å². The minimum Gasteiger partial charge on any atom is -0.454 e. The number of fused-ring (bicyclic) bond motifs is 2. The highest BCUT2D eigenvalue weighted by Crippen LogP contribution is 2.32. The molecule has 2 heterocycles. The van der Waals surface area contributed by atoms with Gasteiger partial charge in [0.2, 0.25) is 6.79 Å². The Morgan fingerprint density at radius 1 is 1.12 bits per heavy atom. The van der Waals surface area contributed by atoms with Crippen molar-refractivity contribution in [3.8, 4) is 11.5 Å². The van der Waals surface area contributed by atoms with E-state index in [4.69, 9.17) is 14.2 Å². The molecule has 2 aromatic carbocycles. The van der Waals surface area contributed by atoms with E-state index in [1.54, 1.807) is 23.1 Å². The van der Waals surface area contributed by atoms with Gasteiger partial charge < -0.3 is 19.1 Å². The fourth-order valence-electron chi connectivity index (χ4n) is 3.04. The minimum atomic E-state index is -0.566. The predicted molar refractivity (Wildman–Crippen MR) is 95.1 cm³/mol. The minimum absolute atomic E-state index is 0.201. The van der Waals surface area contributed by atoms with Crippen LogP contribution in [0, 0.1) is 0 Å². The quantitative estimate of drug-likeness (QED) is 0.626. The maximum Gasteiger partial charge on any atom is 0.331 e. The number of carbonyl (C=O) groups is 2. The van der Waals surface area contributed by atoms with Gasteiger partial charge in [0.1, 0.15) is 0 Å². The first kappa shape index (κ1) is 16.2. The van der Waals surface area contributed by atoms with Gasteiger partial charge in [-0.05, 0) is 41.8 Å². The van der Waals surface area contributed by atoms with E-state index in [2.05, 4.69) is 0 Å². The van der Waals surface area contributed by atoms with E-state index in [0.717, 1.165) is 23.2 Å². The summed E-state index contributed by atoms with van der Waals surface area (Å²) in [6, 6.07) is 13.1. The van der Waals surface area contributed by atoms with Crippen LogP contribution in [0.3, 0.4) is 0 Å². The number of carbonyl (C=O) groups excluding carboxylic acids is 2. The fourth-order valence-corrected chi connectivity index (χ4v) is 3.04. The van der Waals surface area contributed by atoms with Crippen molar-refractivity contribution in [1.29, 1.82) is 0 Å². The van der Waals surface area contributed by atoms with E-state index in [1.165, 1.54) is 6.08 Å². The van der Waals surface area contributed by atoms with Gasteiger partial charge in [0.25, 0.3) is 5.91 Å². The van der Waals surface area contributed by atoms with Gasteiger partial charge in [-0.1, -0.05) is 24.3 Å². The highest BCUT2D eigenvalue weighted by molar-refractivity contribution is 5.98. The van der Waals surface area contributed by atoms with Crippen LogP contribution in [0.4, 0.5) is 5.69 Å². The van der Waals surface area contributed by atoms with Crippen LogP contribution in [0.5, 0.6) is 11.5 Å². The molecule has 0 saturated heterocycles. The zero-order valence-electron chi connectivity index (χ0n) is 14.0. The average Bonchev–Trinajstić information content (AvgIpc) is 3.30. The highest BCUT2D eigenvalue weighted by Gasteiger charge is 2.24. The van der Waals surface area contributed by atoms with Gasteiger partial charge in [-0.3, -0.25) is 4.79 Å². The number of esters is 1. The first-order chi connectivity index (χ1) is 12.7.